The van der Waals surface area contributed by atoms with Gasteiger partial charge in [-0.25, -0.2) is 4.68 Å². The molecule has 4 heteroatoms. The molecule has 0 radical (unpaired) electrons. The van der Waals surface area contributed by atoms with E-state index in [1.165, 1.54) is 12.8 Å². The van der Waals surface area contributed by atoms with E-state index < -0.39 is 0 Å². The Balaban J connectivity index is 1.91. The fourth-order valence-corrected chi connectivity index (χ4v) is 2.04. The van der Waals surface area contributed by atoms with Gasteiger partial charge >= 0.3 is 0 Å². The summed E-state index contributed by atoms with van der Waals surface area (Å²) >= 11 is 0. The van der Waals surface area contributed by atoms with Crippen LogP contribution in [0.4, 0.5) is 0 Å². The highest BCUT2D eigenvalue weighted by atomic mass is 15.4. The summed E-state index contributed by atoms with van der Waals surface area (Å²) in [5.41, 5.74) is 1.15. The van der Waals surface area contributed by atoms with Gasteiger partial charge in [0.25, 0.3) is 0 Å². The number of piperidine rings is 1. The average molecular weight is 208 g/mol. The third kappa shape index (κ3) is 2.78. The van der Waals surface area contributed by atoms with Gasteiger partial charge < -0.3 is 5.32 Å². The zero-order valence-electron chi connectivity index (χ0n) is 9.61. The molecular weight excluding hydrogens is 188 g/mol. The molecule has 0 bridgehead atoms. The summed E-state index contributed by atoms with van der Waals surface area (Å²) in [4.78, 5) is 0. The van der Waals surface area contributed by atoms with E-state index in [1.54, 1.807) is 0 Å². The highest BCUT2D eigenvalue weighted by molar-refractivity contribution is 4.95. The summed E-state index contributed by atoms with van der Waals surface area (Å²) in [6.45, 7) is 6.57. The van der Waals surface area contributed by atoms with Crippen molar-refractivity contribution < 1.29 is 0 Å². The molecule has 1 aliphatic rings. The molecule has 0 unspecified atom stereocenters. The summed E-state index contributed by atoms with van der Waals surface area (Å²) in [6.07, 6.45) is 5.73. The first-order valence-corrected chi connectivity index (χ1v) is 5.87. The lowest BCUT2D eigenvalue weighted by Gasteiger charge is -2.21. The van der Waals surface area contributed by atoms with E-state index in [-0.39, 0.29) is 0 Å². The van der Waals surface area contributed by atoms with Crippen LogP contribution in [0, 0.1) is 5.92 Å². The molecule has 1 N–H and O–H groups in total. The molecule has 84 valence electrons. The minimum atomic E-state index is 0.416. The van der Waals surface area contributed by atoms with Gasteiger partial charge in [-0.15, -0.1) is 5.10 Å². The first-order valence-electron chi connectivity index (χ1n) is 5.87. The normalized spacial score (nSPS) is 18.6. The number of hydrogen-bond acceptors (Lipinski definition) is 3. The topological polar surface area (TPSA) is 42.7 Å². The molecule has 1 aromatic rings. The number of nitrogens with one attached hydrogen (secondary N) is 1. The Kier molecular flexibility index (Phi) is 3.36. The van der Waals surface area contributed by atoms with E-state index in [1.807, 2.05) is 4.68 Å². The fourth-order valence-electron chi connectivity index (χ4n) is 2.04. The standard InChI is InChI=1S/C11H20N4/c1-9(2)15-8-11(13-14-15)7-10-3-5-12-6-4-10/h8-10,12H,3-7H2,1-2H3. The van der Waals surface area contributed by atoms with Gasteiger partial charge in [-0.2, -0.15) is 0 Å². The van der Waals surface area contributed by atoms with Crippen molar-refractivity contribution in [1.82, 2.24) is 20.3 Å². The summed E-state index contributed by atoms with van der Waals surface area (Å²) < 4.78 is 1.94. The second-order valence-electron chi connectivity index (χ2n) is 4.68. The minimum Gasteiger partial charge on any atom is -0.317 e. The smallest absolute Gasteiger partial charge is 0.0830 e. The van der Waals surface area contributed by atoms with E-state index >= 15 is 0 Å². The second kappa shape index (κ2) is 4.75. The Labute approximate surface area is 91.1 Å². The molecule has 1 aliphatic heterocycles. The lowest BCUT2D eigenvalue weighted by atomic mass is 9.93. The van der Waals surface area contributed by atoms with Crippen LogP contribution in [-0.2, 0) is 6.42 Å². The minimum absolute atomic E-state index is 0.416. The lowest BCUT2D eigenvalue weighted by molar-refractivity contribution is 0.370. The summed E-state index contributed by atoms with van der Waals surface area (Å²) in [7, 11) is 0. The largest absolute Gasteiger partial charge is 0.317 e. The zero-order valence-corrected chi connectivity index (χ0v) is 9.61. The molecule has 0 aromatic carbocycles. The van der Waals surface area contributed by atoms with Crippen LogP contribution in [0.2, 0.25) is 0 Å². The third-order valence-corrected chi connectivity index (χ3v) is 3.04. The number of hydrogen-bond donors (Lipinski definition) is 1. The van der Waals surface area contributed by atoms with E-state index in [4.69, 9.17) is 0 Å². The maximum Gasteiger partial charge on any atom is 0.0830 e. The Morgan fingerprint density at radius 1 is 1.47 bits per heavy atom. The molecule has 15 heavy (non-hydrogen) atoms. The van der Waals surface area contributed by atoms with Gasteiger partial charge in [0, 0.05) is 12.2 Å². The van der Waals surface area contributed by atoms with Crippen LogP contribution in [0.5, 0.6) is 0 Å². The van der Waals surface area contributed by atoms with Crippen molar-refractivity contribution in [2.75, 3.05) is 13.1 Å². The highest BCUT2D eigenvalue weighted by Crippen LogP contribution is 2.16. The van der Waals surface area contributed by atoms with Crippen LogP contribution < -0.4 is 5.32 Å². The highest BCUT2D eigenvalue weighted by Gasteiger charge is 2.15. The van der Waals surface area contributed by atoms with Crippen molar-refractivity contribution in [2.24, 2.45) is 5.92 Å². The molecule has 0 atom stereocenters. The van der Waals surface area contributed by atoms with Crippen LogP contribution in [0.15, 0.2) is 6.20 Å². The maximum atomic E-state index is 4.22. The Morgan fingerprint density at radius 3 is 2.80 bits per heavy atom. The molecule has 2 heterocycles. The van der Waals surface area contributed by atoms with Gasteiger partial charge in [0.1, 0.15) is 0 Å². The Morgan fingerprint density at radius 2 is 2.20 bits per heavy atom. The maximum absolute atomic E-state index is 4.22. The first kappa shape index (κ1) is 10.6. The molecule has 0 amide bonds. The van der Waals surface area contributed by atoms with Crippen molar-refractivity contribution in [3.8, 4) is 0 Å². The first-order chi connectivity index (χ1) is 7.25. The van der Waals surface area contributed by atoms with Crippen molar-refractivity contribution in [3.63, 3.8) is 0 Å². The zero-order chi connectivity index (χ0) is 10.7. The molecule has 1 aromatic heterocycles. The van der Waals surface area contributed by atoms with Gasteiger partial charge in [-0.3, -0.25) is 0 Å². The molecule has 0 aliphatic carbocycles. The van der Waals surface area contributed by atoms with Gasteiger partial charge in [-0.05, 0) is 52.1 Å². The number of rotatable bonds is 3. The molecule has 1 fully saturated rings. The predicted octanol–water partition coefficient (Wildman–Crippen LogP) is 1.40. The van der Waals surface area contributed by atoms with E-state index in [2.05, 4.69) is 35.7 Å². The second-order valence-corrected chi connectivity index (χ2v) is 4.68. The van der Waals surface area contributed by atoms with Crippen molar-refractivity contribution in [2.45, 2.75) is 39.2 Å². The van der Waals surface area contributed by atoms with Gasteiger partial charge in [0.2, 0.25) is 0 Å². The van der Waals surface area contributed by atoms with Crippen LogP contribution in [0.3, 0.4) is 0 Å². The molecule has 4 nitrogen and oxygen atoms in total. The van der Waals surface area contributed by atoms with Gasteiger partial charge in [0.15, 0.2) is 0 Å². The van der Waals surface area contributed by atoms with Gasteiger partial charge in [0.05, 0.1) is 5.69 Å². The van der Waals surface area contributed by atoms with Crippen molar-refractivity contribution in [3.05, 3.63) is 11.9 Å². The number of aromatic nitrogens is 3. The van der Waals surface area contributed by atoms with Crippen molar-refractivity contribution in [1.29, 1.82) is 0 Å². The molecule has 0 saturated carbocycles. The summed E-state index contributed by atoms with van der Waals surface area (Å²) in [6, 6.07) is 0.416. The van der Waals surface area contributed by atoms with Gasteiger partial charge in [-0.1, -0.05) is 5.21 Å². The fraction of sp³-hybridized carbons (Fsp3) is 0.818. The van der Waals surface area contributed by atoms with Crippen LogP contribution >= 0.6 is 0 Å². The SMILES string of the molecule is CC(C)n1cc(CC2CCNCC2)nn1. The molecule has 2 rings (SSSR count). The van der Waals surface area contributed by atoms with E-state index in [0.29, 0.717) is 6.04 Å². The monoisotopic (exact) mass is 208 g/mol. The number of nitrogens with zero attached hydrogens (tertiary/aromatic N) is 3. The van der Waals surface area contributed by atoms with Crippen LogP contribution in [0.1, 0.15) is 38.4 Å². The Bertz CT molecular complexity index is 299. The predicted molar refractivity (Wildman–Crippen MR) is 59.7 cm³/mol. The van der Waals surface area contributed by atoms with Crippen LogP contribution in [-0.4, -0.2) is 28.1 Å². The van der Waals surface area contributed by atoms with E-state index in [0.717, 1.165) is 31.1 Å². The summed E-state index contributed by atoms with van der Waals surface area (Å²) in [5.74, 6) is 0.795. The summed E-state index contributed by atoms with van der Waals surface area (Å²) in [5, 5.41) is 11.7. The van der Waals surface area contributed by atoms with Crippen molar-refractivity contribution >= 4 is 0 Å². The lowest BCUT2D eigenvalue weighted by Crippen LogP contribution is -2.28. The molecule has 0 spiro atoms. The Hall–Kier alpha value is -0.900. The molecule has 1 saturated heterocycles. The third-order valence-electron chi connectivity index (χ3n) is 3.04. The average Bonchev–Trinajstić information content (AvgIpc) is 2.68. The molecular formula is C11H20N4. The van der Waals surface area contributed by atoms with E-state index in [9.17, 15) is 0 Å². The quantitative estimate of drug-likeness (QED) is 0.816. The van der Waals surface area contributed by atoms with Crippen LogP contribution in [0.25, 0.3) is 0 Å².